The van der Waals surface area contributed by atoms with E-state index in [9.17, 15) is 13.9 Å². The van der Waals surface area contributed by atoms with Gasteiger partial charge in [-0.2, -0.15) is 0 Å². The zero-order valence-electron chi connectivity index (χ0n) is 10.4. The predicted octanol–water partition coefficient (Wildman–Crippen LogP) is 2.14. The normalized spacial score (nSPS) is 19.0. The van der Waals surface area contributed by atoms with E-state index in [1.807, 2.05) is 4.90 Å². The zero-order valence-corrected chi connectivity index (χ0v) is 10.4. The molecule has 1 aromatic rings. The highest BCUT2D eigenvalue weighted by atomic mass is 19.1. The molecule has 100 valence electrons. The lowest BCUT2D eigenvalue weighted by molar-refractivity contribution is 0.110. The van der Waals surface area contributed by atoms with Crippen molar-refractivity contribution in [3.05, 3.63) is 23.8 Å². The maximum Gasteiger partial charge on any atom is 0.151 e. The van der Waals surface area contributed by atoms with E-state index < -0.39 is 11.6 Å². The van der Waals surface area contributed by atoms with Crippen LogP contribution in [0.4, 0.5) is 20.2 Å². The number of nitrogens with two attached hydrogens (primary N) is 1. The number of anilines is 2. The highest BCUT2D eigenvalue weighted by Gasteiger charge is 2.24. The van der Waals surface area contributed by atoms with Gasteiger partial charge in [-0.25, -0.2) is 8.78 Å². The fraction of sp³-hybridized carbons (Fsp3) is 0.538. The van der Waals surface area contributed by atoms with Crippen molar-refractivity contribution in [3.8, 4) is 0 Å². The molecule has 1 heterocycles. The smallest absolute Gasteiger partial charge is 0.151 e. The van der Waals surface area contributed by atoms with Crippen LogP contribution < -0.4 is 10.6 Å². The van der Waals surface area contributed by atoms with Crippen molar-refractivity contribution in [3.63, 3.8) is 0 Å². The Kier molecular flexibility index (Phi) is 3.71. The van der Waals surface area contributed by atoms with Crippen molar-refractivity contribution in [1.29, 1.82) is 0 Å². The molecule has 1 aliphatic heterocycles. The number of aliphatic hydroxyl groups is 1. The molecule has 1 atom stereocenters. The maximum atomic E-state index is 13.4. The molecule has 2 rings (SSSR count). The first-order chi connectivity index (χ1) is 8.49. The van der Waals surface area contributed by atoms with Gasteiger partial charge >= 0.3 is 0 Å². The Hall–Kier alpha value is -1.36. The summed E-state index contributed by atoms with van der Waals surface area (Å²) in [7, 11) is 0. The van der Waals surface area contributed by atoms with Crippen LogP contribution in [0.25, 0.3) is 0 Å². The highest BCUT2D eigenvalue weighted by molar-refractivity contribution is 5.68. The zero-order chi connectivity index (χ0) is 13.3. The van der Waals surface area contributed by atoms with E-state index in [-0.39, 0.29) is 17.7 Å². The molecule has 0 saturated carbocycles. The Morgan fingerprint density at radius 3 is 2.50 bits per heavy atom. The Morgan fingerprint density at radius 2 is 1.94 bits per heavy atom. The topological polar surface area (TPSA) is 49.5 Å². The molecule has 5 heteroatoms. The molecule has 0 spiro atoms. The molecule has 1 fully saturated rings. The van der Waals surface area contributed by atoms with Crippen LogP contribution in [0.1, 0.15) is 19.8 Å². The van der Waals surface area contributed by atoms with Crippen molar-refractivity contribution in [2.45, 2.75) is 25.9 Å². The lowest BCUT2D eigenvalue weighted by Gasteiger charge is -2.35. The summed E-state index contributed by atoms with van der Waals surface area (Å²) in [6.07, 6.45) is 1.26. The standard InChI is InChI=1S/C13H18F2N2O/c1-8(18)9-2-4-17(5-3-9)12-7-10(14)6-11(15)13(12)16/h6-9,18H,2-5,16H2,1H3. The summed E-state index contributed by atoms with van der Waals surface area (Å²) in [6, 6.07) is 2.06. The number of piperidine rings is 1. The van der Waals surface area contributed by atoms with Crippen molar-refractivity contribution in [2.24, 2.45) is 5.92 Å². The minimum atomic E-state index is -0.720. The SMILES string of the molecule is CC(O)C1CCN(c2cc(F)cc(F)c2N)CC1. The van der Waals surface area contributed by atoms with Gasteiger partial charge in [0.1, 0.15) is 5.82 Å². The molecule has 18 heavy (non-hydrogen) atoms. The molecule has 0 aliphatic carbocycles. The van der Waals surface area contributed by atoms with Crippen molar-refractivity contribution < 1.29 is 13.9 Å². The monoisotopic (exact) mass is 256 g/mol. The second-order valence-electron chi connectivity index (χ2n) is 4.89. The van der Waals surface area contributed by atoms with Crippen LogP contribution in [0.5, 0.6) is 0 Å². The van der Waals surface area contributed by atoms with E-state index in [4.69, 9.17) is 5.73 Å². The van der Waals surface area contributed by atoms with Crippen molar-refractivity contribution in [1.82, 2.24) is 0 Å². The van der Waals surface area contributed by atoms with Gasteiger partial charge in [-0.1, -0.05) is 0 Å². The number of rotatable bonds is 2. The van der Waals surface area contributed by atoms with Gasteiger partial charge < -0.3 is 15.7 Å². The second-order valence-corrected chi connectivity index (χ2v) is 4.89. The van der Waals surface area contributed by atoms with E-state index in [1.165, 1.54) is 6.07 Å². The highest BCUT2D eigenvalue weighted by Crippen LogP contribution is 2.31. The van der Waals surface area contributed by atoms with Gasteiger partial charge in [0.15, 0.2) is 5.82 Å². The van der Waals surface area contributed by atoms with Crippen LogP contribution in [0.15, 0.2) is 12.1 Å². The lowest BCUT2D eigenvalue weighted by Crippen LogP contribution is -2.37. The first-order valence-corrected chi connectivity index (χ1v) is 6.16. The second kappa shape index (κ2) is 5.10. The van der Waals surface area contributed by atoms with Crippen molar-refractivity contribution in [2.75, 3.05) is 23.7 Å². The number of aliphatic hydroxyl groups excluding tert-OH is 1. The fourth-order valence-corrected chi connectivity index (χ4v) is 2.46. The average molecular weight is 256 g/mol. The summed E-state index contributed by atoms with van der Waals surface area (Å²) in [5.74, 6) is -1.09. The Morgan fingerprint density at radius 1 is 1.33 bits per heavy atom. The third-order valence-electron chi connectivity index (χ3n) is 3.63. The van der Waals surface area contributed by atoms with E-state index in [0.29, 0.717) is 18.8 Å². The van der Waals surface area contributed by atoms with Gasteiger partial charge in [-0.15, -0.1) is 0 Å². The minimum Gasteiger partial charge on any atom is -0.395 e. The molecular formula is C13H18F2N2O. The first-order valence-electron chi connectivity index (χ1n) is 6.16. The number of nitrogens with zero attached hydrogens (tertiary/aromatic N) is 1. The number of benzene rings is 1. The number of hydrogen-bond donors (Lipinski definition) is 2. The number of halogens is 2. The third-order valence-corrected chi connectivity index (χ3v) is 3.63. The number of hydrogen-bond acceptors (Lipinski definition) is 3. The quantitative estimate of drug-likeness (QED) is 0.797. The molecule has 1 aromatic carbocycles. The summed E-state index contributed by atoms with van der Waals surface area (Å²) in [6.45, 7) is 3.09. The van der Waals surface area contributed by atoms with Crippen LogP contribution in [-0.2, 0) is 0 Å². The lowest BCUT2D eigenvalue weighted by atomic mass is 9.92. The van der Waals surface area contributed by atoms with Gasteiger partial charge in [0, 0.05) is 19.2 Å². The van der Waals surface area contributed by atoms with E-state index in [0.717, 1.165) is 18.9 Å². The van der Waals surface area contributed by atoms with Crippen LogP contribution in [0.2, 0.25) is 0 Å². The van der Waals surface area contributed by atoms with Gasteiger partial charge in [0.05, 0.1) is 17.5 Å². The maximum absolute atomic E-state index is 13.4. The van der Waals surface area contributed by atoms with Crippen LogP contribution in [0.3, 0.4) is 0 Å². The molecule has 3 N–H and O–H groups in total. The molecule has 1 aliphatic rings. The van der Waals surface area contributed by atoms with Gasteiger partial charge in [0.2, 0.25) is 0 Å². The molecule has 0 bridgehead atoms. The Bertz CT molecular complexity index is 429. The van der Waals surface area contributed by atoms with Crippen molar-refractivity contribution >= 4 is 11.4 Å². The molecule has 1 unspecified atom stereocenters. The Labute approximate surface area is 105 Å². The van der Waals surface area contributed by atoms with E-state index in [2.05, 4.69) is 0 Å². The largest absolute Gasteiger partial charge is 0.395 e. The van der Waals surface area contributed by atoms with E-state index >= 15 is 0 Å². The minimum absolute atomic E-state index is 0.00750. The van der Waals surface area contributed by atoms with Gasteiger partial charge in [-0.3, -0.25) is 0 Å². The summed E-state index contributed by atoms with van der Waals surface area (Å²) in [4.78, 5) is 1.88. The molecular weight excluding hydrogens is 238 g/mol. The predicted molar refractivity (Wildman–Crippen MR) is 67.4 cm³/mol. The average Bonchev–Trinajstić information content (AvgIpc) is 2.34. The summed E-state index contributed by atoms with van der Waals surface area (Å²) in [5.41, 5.74) is 6.05. The molecule has 0 amide bonds. The first kappa shape index (κ1) is 13.1. The fourth-order valence-electron chi connectivity index (χ4n) is 2.46. The summed E-state index contributed by atoms with van der Waals surface area (Å²) >= 11 is 0. The molecule has 3 nitrogen and oxygen atoms in total. The molecule has 0 aromatic heterocycles. The van der Waals surface area contributed by atoms with E-state index in [1.54, 1.807) is 6.92 Å². The van der Waals surface area contributed by atoms with Crippen LogP contribution >= 0.6 is 0 Å². The van der Waals surface area contributed by atoms with Crippen LogP contribution in [-0.4, -0.2) is 24.3 Å². The third kappa shape index (κ3) is 2.56. The summed E-state index contributed by atoms with van der Waals surface area (Å²) in [5, 5.41) is 9.51. The van der Waals surface area contributed by atoms with Gasteiger partial charge in [-0.05, 0) is 31.7 Å². The Balaban J connectivity index is 2.15. The van der Waals surface area contributed by atoms with Crippen LogP contribution in [0, 0.1) is 17.6 Å². The molecule has 1 saturated heterocycles. The summed E-state index contributed by atoms with van der Waals surface area (Å²) < 4.78 is 26.6. The number of nitrogen functional groups attached to an aromatic ring is 1. The van der Waals surface area contributed by atoms with Gasteiger partial charge in [0.25, 0.3) is 0 Å². The molecule has 0 radical (unpaired) electrons.